The molecule has 28 heavy (non-hydrogen) atoms. The van der Waals surface area contributed by atoms with Crippen LogP contribution in [0.3, 0.4) is 0 Å². The van der Waals surface area contributed by atoms with Crippen molar-refractivity contribution < 1.29 is 29.3 Å². The van der Waals surface area contributed by atoms with E-state index in [-0.39, 0.29) is 22.5 Å². The van der Waals surface area contributed by atoms with Gasteiger partial charge in [0.05, 0.1) is 11.1 Å². The molecule has 2 heterocycles. The second-order valence-corrected chi connectivity index (χ2v) is 6.13. The van der Waals surface area contributed by atoms with Gasteiger partial charge < -0.3 is 19.7 Å². The summed E-state index contributed by atoms with van der Waals surface area (Å²) in [6.07, 6.45) is 0. The molecule has 2 aliphatic heterocycles. The third kappa shape index (κ3) is 2.32. The lowest BCUT2D eigenvalue weighted by Crippen LogP contribution is -2.19. The predicted octanol–water partition coefficient (Wildman–Crippen LogP) is 3.20. The van der Waals surface area contributed by atoms with Crippen LogP contribution in [0.1, 0.15) is 20.7 Å². The minimum atomic E-state index is -1.10. The normalized spacial score (nSPS) is 12.6. The third-order valence-electron chi connectivity index (χ3n) is 4.40. The van der Waals surface area contributed by atoms with Crippen molar-refractivity contribution in [2.45, 2.75) is 0 Å². The number of hydrogen-bond acceptors (Lipinski definition) is 6. The van der Waals surface area contributed by atoms with Crippen LogP contribution in [0.5, 0.6) is 23.0 Å². The highest BCUT2D eigenvalue weighted by atomic mass is 16.5. The van der Waals surface area contributed by atoms with E-state index in [9.17, 15) is 19.8 Å². The predicted molar refractivity (Wildman–Crippen MR) is 95.0 cm³/mol. The summed E-state index contributed by atoms with van der Waals surface area (Å²) in [6.45, 7) is 0. The first-order valence-corrected chi connectivity index (χ1v) is 8.21. The summed E-state index contributed by atoms with van der Waals surface area (Å²) in [7, 11) is 0. The van der Waals surface area contributed by atoms with Gasteiger partial charge in [-0.25, -0.2) is 19.6 Å². The van der Waals surface area contributed by atoms with Crippen LogP contribution < -0.4 is 20.2 Å². The van der Waals surface area contributed by atoms with Gasteiger partial charge in [0.15, 0.2) is 23.0 Å². The Morgan fingerprint density at radius 1 is 0.679 bits per heavy atom. The van der Waals surface area contributed by atoms with Crippen molar-refractivity contribution in [3.8, 4) is 23.0 Å². The fourth-order valence-corrected chi connectivity index (χ4v) is 3.14. The van der Waals surface area contributed by atoms with E-state index >= 15 is 0 Å². The molecule has 0 saturated carbocycles. The summed E-state index contributed by atoms with van der Waals surface area (Å²) in [6, 6.07) is 12.5. The summed E-state index contributed by atoms with van der Waals surface area (Å²) in [5.74, 6) is -0.833. The summed E-state index contributed by atoms with van der Waals surface area (Å²) in [4.78, 5) is 31.7. The average Bonchev–Trinajstić information content (AvgIpc) is 2.67. The number of benzene rings is 3. The fraction of sp³-hybridized carbons (Fsp3) is 0. The molecular formula is C20H10N2O6. The van der Waals surface area contributed by atoms with E-state index in [1.54, 1.807) is 36.4 Å². The van der Waals surface area contributed by atoms with Crippen molar-refractivity contribution >= 4 is 23.3 Å². The van der Waals surface area contributed by atoms with E-state index in [1.165, 1.54) is 12.1 Å². The summed E-state index contributed by atoms with van der Waals surface area (Å²) in [5.41, 5.74) is 0.512. The molecule has 8 heteroatoms. The summed E-state index contributed by atoms with van der Waals surface area (Å²) in [5, 5.41) is 19.5. The second-order valence-electron chi connectivity index (χ2n) is 6.13. The first kappa shape index (κ1) is 16.0. The van der Waals surface area contributed by atoms with Crippen LogP contribution in [0.4, 0.5) is 11.4 Å². The SMILES string of the molecule is O=C(O)c1cccc2c1N=c1cc3c(cc1O2)=Nc1c(cccc1C(=O)O)O3. The Morgan fingerprint density at radius 2 is 1.11 bits per heavy atom. The molecule has 2 N–H and O–H groups in total. The number of aromatic carboxylic acids is 2. The molecular weight excluding hydrogens is 364 g/mol. The van der Waals surface area contributed by atoms with Gasteiger partial charge in [-0.05, 0) is 24.3 Å². The van der Waals surface area contributed by atoms with Gasteiger partial charge >= 0.3 is 11.9 Å². The number of rotatable bonds is 2. The Labute approximate surface area is 156 Å². The maximum atomic E-state index is 11.4. The summed E-state index contributed by atoms with van der Waals surface area (Å²) >= 11 is 0. The number of hydrogen-bond donors (Lipinski definition) is 2. The molecule has 3 aromatic carbocycles. The maximum Gasteiger partial charge on any atom is 0.338 e. The van der Waals surface area contributed by atoms with E-state index in [1.807, 2.05) is 0 Å². The van der Waals surface area contributed by atoms with Crippen molar-refractivity contribution in [1.29, 1.82) is 0 Å². The smallest absolute Gasteiger partial charge is 0.338 e. The first-order valence-electron chi connectivity index (χ1n) is 8.21. The van der Waals surface area contributed by atoms with Gasteiger partial charge in [-0.3, -0.25) is 0 Å². The largest absolute Gasteiger partial charge is 0.478 e. The number of nitrogens with zero attached hydrogens (tertiary/aromatic N) is 2. The van der Waals surface area contributed by atoms with Crippen molar-refractivity contribution in [3.05, 3.63) is 70.4 Å². The zero-order valence-electron chi connectivity index (χ0n) is 14.0. The standard InChI is InChI=1S/C20H10N2O6/c23-19(24)9-3-1-5-13-17(9)21-11-8-16-12(7-15(11)27-13)22-18-10(20(25)26)4-2-6-14(18)28-16/h1-8H,(H,23,24)(H,25,26). The first-order chi connectivity index (χ1) is 13.5. The van der Waals surface area contributed by atoms with Crippen LogP contribution >= 0.6 is 0 Å². The molecule has 5 rings (SSSR count). The van der Waals surface area contributed by atoms with Crippen LogP contribution in [0.25, 0.3) is 0 Å². The second kappa shape index (κ2) is 5.65. The maximum absolute atomic E-state index is 11.4. The van der Waals surface area contributed by atoms with Crippen LogP contribution in [0.15, 0.2) is 58.5 Å². The van der Waals surface area contributed by atoms with Crippen molar-refractivity contribution in [3.63, 3.8) is 0 Å². The minimum absolute atomic E-state index is 0.0305. The highest BCUT2D eigenvalue weighted by Crippen LogP contribution is 2.39. The Bertz CT molecular complexity index is 1230. The van der Waals surface area contributed by atoms with Crippen LogP contribution in [0.2, 0.25) is 0 Å². The third-order valence-corrected chi connectivity index (χ3v) is 4.40. The van der Waals surface area contributed by atoms with Crippen LogP contribution in [-0.4, -0.2) is 22.2 Å². The highest BCUT2D eigenvalue weighted by molar-refractivity contribution is 5.96. The number of ether oxygens (including phenoxy) is 2. The molecule has 0 spiro atoms. The van der Waals surface area contributed by atoms with Crippen molar-refractivity contribution in [2.24, 2.45) is 9.98 Å². The van der Waals surface area contributed by atoms with Crippen molar-refractivity contribution in [2.75, 3.05) is 0 Å². The lowest BCUT2D eigenvalue weighted by atomic mass is 10.1. The fourth-order valence-electron chi connectivity index (χ4n) is 3.14. The molecule has 0 saturated heterocycles. The Balaban J connectivity index is 1.73. The molecule has 0 bridgehead atoms. The van der Waals surface area contributed by atoms with Crippen molar-refractivity contribution in [1.82, 2.24) is 0 Å². The Hall–Kier alpha value is -4.20. The molecule has 0 aliphatic carbocycles. The monoisotopic (exact) mass is 374 g/mol. The summed E-state index contributed by atoms with van der Waals surface area (Å²) < 4.78 is 11.6. The molecule has 0 amide bonds. The quantitative estimate of drug-likeness (QED) is 0.490. The van der Waals surface area contributed by atoms with E-state index in [2.05, 4.69) is 9.98 Å². The van der Waals surface area contributed by atoms with Gasteiger partial charge in [0.2, 0.25) is 0 Å². The van der Waals surface area contributed by atoms with Gasteiger partial charge in [0.25, 0.3) is 0 Å². The van der Waals surface area contributed by atoms with Gasteiger partial charge in [-0.1, -0.05) is 12.1 Å². The van der Waals surface area contributed by atoms with Crippen LogP contribution in [0, 0.1) is 0 Å². The molecule has 136 valence electrons. The topological polar surface area (TPSA) is 118 Å². The Morgan fingerprint density at radius 3 is 1.50 bits per heavy atom. The van der Waals surface area contributed by atoms with E-state index in [0.717, 1.165) is 0 Å². The number of carbonyl (C=O) groups is 2. The number of para-hydroxylation sites is 2. The molecule has 3 aromatic rings. The molecule has 8 nitrogen and oxygen atoms in total. The molecule has 0 unspecified atom stereocenters. The van der Waals surface area contributed by atoms with E-state index < -0.39 is 11.9 Å². The molecule has 0 radical (unpaired) electrons. The van der Waals surface area contributed by atoms with E-state index in [4.69, 9.17) is 9.47 Å². The van der Waals surface area contributed by atoms with Gasteiger partial charge in [0, 0.05) is 12.1 Å². The minimum Gasteiger partial charge on any atom is -0.478 e. The number of fused-ring (bicyclic) bond motifs is 4. The molecule has 0 fully saturated rings. The zero-order chi connectivity index (χ0) is 19.4. The Kier molecular flexibility index (Phi) is 3.23. The molecule has 2 aliphatic rings. The van der Waals surface area contributed by atoms with Gasteiger partial charge in [-0.2, -0.15) is 0 Å². The van der Waals surface area contributed by atoms with Gasteiger partial charge in [0.1, 0.15) is 22.1 Å². The van der Waals surface area contributed by atoms with E-state index in [0.29, 0.717) is 33.7 Å². The van der Waals surface area contributed by atoms with Gasteiger partial charge in [-0.15, -0.1) is 0 Å². The lowest BCUT2D eigenvalue weighted by Gasteiger charge is -2.19. The lowest BCUT2D eigenvalue weighted by molar-refractivity contribution is 0.0686. The average molecular weight is 374 g/mol. The zero-order valence-corrected chi connectivity index (χ0v) is 14.0. The van der Waals surface area contributed by atoms with Crippen LogP contribution in [-0.2, 0) is 0 Å². The molecule has 0 atom stereocenters. The number of carboxylic acids is 2. The molecule has 0 aromatic heterocycles. The number of carboxylic acid groups (broad SMARTS) is 2. The highest BCUT2D eigenvalue weighted by Gasteiger charge is 2.23.